The first-order chi connectivity index (χ1) is 13.7. The van der Waals surface area contributed by atoms with Gasteiger partial charge in [-0.15, -0.1) is 11.3 Å². The summed E-state index contributed by atoms with van der Waals surface area (Å²) in [5, 5.41) is 2.66. The Morgan fingerprint density at radius 3 is 2.38 bits per heavy atom. The highest BCUT2D eigenvalue weighted by Gasteiger charge is 2.30. The second kappa shape index (κ2) is 8.82. The Hall–Kier alpha value is -1.95. The van der Waals surface area contributed by atoms with E-state index in [1.165, 1.54) is 22.5 Å². The lowest BCUT2D eigenvalue weighted by Gasteiger charge is -2.25. The number of benzene rings is 1. The molecule has 1 fully saturated rings. The van der Waals surface area contributed by atoms with Crippen LogP contribution in [0.15, 0.2) is 40.6 Å². The van der Waals surface area contributed by atoms with E-state index >= 15 is 0 Å². The second-order valence-electron chi connectivity index (χ2n) is 6.39. The molecule has 0 saturated carbocycles. The summed E-state index contributed by atoms with van der Waals surface area (Å²) >= 11 is 1.08. The zero-order valence-corrected chi connectivity index (χ0v) is 16.9. The molecule has 1 N–H and O–H groups in total. The smallest absolute Gasteiger partial charge is 0.379 e. The van der Waals surface area contributed by atoms with Gasteiger partial charge in [-0.05, 0) is 29.8 Å². The van der Waals surface area contributed by atoms with E-state index in [9.17, 15) is 26.4 Å². The Morgan fingerprint density at radius 2 is 1.76 bits per heavy atom. The number of morpholine rings is 1. The number of rotatable bonds is 6. The van der Waals surface area contributed by atoms with Crippen molar-refractivity contribution in [2.45, 2.75) is 23.4 Å². The fourth-order valence-corrected chi connectivity index (χ4v) is 5.61. The Kier molecular flexibility index (Phi) is 6.62. The maximum absolute atomic E-state index is 12.6. The maximum atomic E-state index is 12.6. The maximum Gasteiger partial charge on any atom is 0.416 e. The standard InChI is InChI=1S/C18H19F3N2O4S2/c19-18(20,21)14-3-1-13(2-4-14)11-16(24)22-12-15-5-6-17(28-15)29(25,26)23-7-9-27-10-8-23/h1-6H,7-12H2,(H,22,24). The number of sulfonamides is 1. The van der Waals surface area contributed by atoms with Crippen molar-refractivity contribution in [3.8, 4) is 0 Å². The summed E-state index contributed by atoms with van der Waals surface area (Å²) in [7, 11) is -3.58. The van der Waals surface area contributed by atoms with Gasteiger partial charge in [-0.25, -0.2) is 8.42 Å². The van der Waals surface area contributed by atoms with Crippen molar-refractivity contribution < 1.29 is 31.1 Å². The topological polar surface area (TPSA) is 75.7 Å². The summed E-state index contributed by atoms with van der Waals surface area (Å²) in [6.07, 6.45) is -4.48. The van der Waals surface area contributed by atoms with Crippen molar-refractivity contribution in [3.05, 3.63) is 52.4 Å². The largest absolute Gasteiger partial charge is 0.416 e. The molecule has 0 spiro atoms. The number of thiophene rings is 1. The molecular weight excluding hydrogens is 429 g/mol. The van der Waals surface area contributed by atoms with E-state index in [2.05, 4.69) is 5.32 Å². The van der Waals surface area contributed by atoms with Gasteiger partial charge in [0, 0.05) is 18.0 Å². The van der Waals surface area contributed by atoms with E-state index < -0.39 is 21.8 Å². The zero-order valence-electron chi connectivity index (χ0n) is 15.2. The molecule has 0 bridgehead atoms. The summed E-state index contributed by atoms with van der Waals surface area (Å²) < 4.78 is 69.6. The van der Waals surface area contributed by atoms with Gasteiger partial charge in [0.15, 0.2) is 0 Å². The Labute approximate surface area is 170 Å². The van der Waals surface area contributed by atoms with Crippen LogP contribution in [0.25, 0.3) is 0 Å². The van der Waals surface area contributed by atoms with Crippen LogP contribution < -0.4 is 5.32 Å². The molecule has 0 unspecified atom stereocenters. The van der Waals surface area contributed by atoms with Crippen molar-refractivity contribution in [3.63, 3.8) is 0 Å². The van der Waals surface area contributed by atoms with E-state index in [4.69, 9.17) is 4.74 Å². The van der Waals surface area contributed by atoms with E-state index in [0.717, 1.165) is 23.5 Å². The van der Waals surface area contributed by atoms with Gasteiger partial charge < -0.3 is 10.1 Å². The van der Waals surface area contributed by atoms with Gasteiger partial charge >= 0.3 is 6.18 Å². The second-order valence-corrected chi connectivity index (χ2v) is 9.72. The summed E-state index contributed by atoms with van der Waals surface area (Å²) in [5.41, 5.74) is -0.313. The van der Waals surface area contributed by atoms with Crippen LogP contribution in [0.2, 0.25) is 0 Å². The first-order valence-corrected chi connectivity index (χ1v) is 11.0. The zero-order chi connectivity index (χ0) is 21.1. The highest BCUT2D eigenvalue weighted by molar-refractivity contribution is 7.91. The molecule has 3 rings (SSSR count). The van der Waals surface area contributed by atoms with Gasteiger partial charge in [0.1, 0.15) is 4.21 Å². The van der Waals surface area contributed by atoms with E-state index in [-0.39, 0.29) is 23.1 Å². The lowest BCUT2D eigenvalue weighted by Crippen LogP contribution is -2.40. The number of halogens is 3. The van der Waals surface area contributed by atoms with Gasteiger partial charge in [0.25, 0.3) is 10.0 Å². The van der Waals surface area contributed by atoms with Crippen molar-refractivity contribution in [1.29, 1.82) is 0 Å². The molecule has 2 heterocycles. The van der Waals surface area contributed by atoms with Gasteiger partial charge in [-0.3, -0.25) is 4.79 Å². The number of carbonyl (C=O) groups is 1. The minimum absolute atomic E-state index is 0.0670. The summed E-state index contributed by atoms with van der Waals surface area (Å²) in [6, 6.07) is 7.54. The number of nitrogens with one attached hydrogen (secondary N) is 1. The summed E-state index contributed by atoms with van der Waals surface area (Å²) in [6.45, 7) is 1.47. The lowest BCUT2D eigenvalue weighted by atomic mass is 10.1. The molecule has 0 radical (unpaired) electrons. The van der Waals surface area contributed by atoms with Gasteiger partial charge in [-0.1, -0.05) is 12.1 Å². The van der Waals surface area contributed by atoms with Gasteiger partial charge in [-0.2, -0.15) is 17.5 Å². The Balaban J connectivity index is 1.54. The molecule has 11 heteroatoms. The molecule has 1 aliphatic heterocycles. The lowest BCUT2D eigenvalue weighted by molar-refractivity contribution is -0.137. The first kappa shape index (κ1) is 21.8. The van der Waals surface area contributed by atoms with E-state index in [0.29, 0.717) is 36.7 Å². The summed E-state index contributed by atoms with van der Waals surface area (Å²) in [4.78, 5) is 12.7. The summed E-state index contributed by atoms with van der Waals surface area (Å²) in [5.74, 6) is -0.365. The van der Waals surface area contributed by atoms with Crippen LogP contribution >= 0.6 is 11.3 Å². The third kappa shape index (κ3) is 5.56. The first-order valence-electron chi connectivity index (χ1n) is 8.76. The minimum Gasteiger partial charge on any atom is -0.379 e. The molecule has 0 aliphatic carbocycles. The minimum atomic E-state index is -4.42. The molecule has 158 valence electrons. The van der Waals surface area contributed by atoms with Crippen molar-refractivity contribution in [2.75, 3.05) is 26.3 Å². The van der Waals surface area contributed by atoms with Crippen LogP contribution in [0.1, 0.15) is 16.0 Å². The van der Waals surface area contributed by atoms with Crippen LogP contribution in [0.4, 0.5) is 13.2 Å². The molecule has 1 aliphatic rings. The predicted octanol–water partition coefficient (Wildman–Crippen LogP) is 2.65. The number of amides is 1. The number of ether oxygens (including phenoxy) is 1. The third-order valence-electron chi connectivity index (χ3n) is 4.31. The molecule has 0 atom stereocenters. The molecule has 2 aromatic rings. The Bertz CT molecular complexity index is 950. The van der Waals surface area contributed by atoms with Crippen LogP contribution in [0.5, 0.6) is 0 Å². The number of hydrogen-bond donors (Lipinski definition) is 1. The van der Waals surface area contributed by atoms with Crippen LogP contribution in [-0.2, 0) is 38.7 Å². The predicted molar refractivity (Wildman–Crippen MR) is 101 cm³/mol. The average Bonchev–Trinajstić information content (AvgIpc) is 3.17. The number of alkyl halides is 3. The molecule has 1 saturated heterocycles. The number of carbonyl (C=O) groups excluding carboxylic acids is 1. The normalized spacial score (nSPS) is 16.0. The highest BCUT2D eigenvalue weighted by atomic mass is 32.2. The molecule has 6 nitrogen and oxygen atoms in total. The van der Waals surface area contributed by atoms with Crippen LogP contribution in [0, 0.1) is 0 Å². The number of hydrogen-bond acceptors (Lipinski definition) is 5. The Morgan fingerprint density at radius 1 is 1.10 bits per heavy atom. The molecule has 1 aromatic heterocycles. The third-order valence-corrected chi connectivity index (χ3v) is 7.76. The quantitative estimate of drug-likeness (QED) is 0.737. The van der Waals surface area contributed by atoms with E-state index in [1.54, 1.807) is 6.07 Å². The average molecular weight is 448 g/mol. The fraction of sp³-hybridized carbons (Fsp3) is 0.389. The fourth-order valence-electron chi connectivity index (χ4n) is 2.75. The monoisotopic (exact) mass is 448 g/mol. The van der Waals surface area contributed by atoms with Gasteiger partial charge in [0.05, 0.1) is 31.7 Å². The molecule has 29 heavy (non-hydrogen) atoms. The molecule has 1 aromatic carbocycles. The van der Waals surface area contributed by atoms with Crippen LogP contribution in [0.3, 0.4) is 0 Å². The number of nitrogens with zero attached hydrogens (tertiary/aromatic N) is 1. The van der Waals surface area contributed by atoms with Crippen molar-refractivity contribution in [1.82, 2.24) is 9.62 Å². The van der Waals surface area contributed by atoms with Crippen LogP contribution in [-0.4, -0.2) is 44.9 Å². The highest BCUT2D eigenvalue weighted by Crippen LogP contribution is 2.29. The molecule has 1 amide bonds. The van der Waals surface area contributed by atoms with Crippen molar-refractivity contribution in [2.24, 2.45) is 0 Å². The SMILES string of the molecule is O=C(Cc1ccc(C(F)(F)F)cc1)NCc1ccc(S(=O)(=O)N2CCOCC2)s1. The van der Waals surface area contributed by atoms with E-state index in [1.807, 2.05) is 0 Å². The van der Waals surface area contributed by atoms with Crippen molar-refractivity contribution >= 4 is 27.3 Å². The molecular formula is C18H19F3N2O4S2. The van der Waals surface area contributed by atoms with Gasteiger partial charge in [0.2, 0.25) is 5.91 Å².